The van der Waals surface area contributed by atoms with Crippen LogP contribution in [-0.4, -0.2) is 25.5 Å². The molecule has 3 nitrogen and oxygen atoms in total. The molecule has 1 fully saturated rings. The predicted octanol–water partition coefficient (Wildman–Crippen LogP) is 2.46. The lowest BCUT2D eigenvalue weighted by atomic mass is 9.99. The minimum atomic E-state index is 0.212. The van der Waals surface area contributed by atoms with Gasteiger partial charge in [0, 0.05) is 13.1 Å². The van der Waals surface area contributed by atoms with Crippen LogP contribution in [0.2, 0.25) is 0 Å². The summed E-state index contributed by atoms with van der Waals surface area (Å²) in [5.74, 6) is 0.467. The fourth-order valence-corrected chi connectivity index (χ4v) is 2.34. The second kappa shape index (κ2) is 9.46. The van der Waals surface area contributed by atoms with E-state index in [1.54, 1.807) is 0 Å². The van der Waals surface area contributed by atoms with Gasteiger partial charge in [0.2, 0.25) is 5.91 Å². The van der Waals surface area contributed by atoms with Gasteiger partial charge < -0.3 is 10.6 Å². The lowest BCUT2D eigenvalue weighted by Crippen LogP contribution is -2.40. The van der Waals surface area contributed by atoms with E-state index in [-0.39, 0.29) is 11.8 Å². The zero-order valence-electron chi connectivity index (χ0n) is 11.3. The van der Waals surface area contributed by atoms with Crippen molar-refractivity contribution in [1.82, 2.24) is 10.6 Å². The maximum Gasteiger partial charge on any atom is 0.224 e. The van der Waals surface area contributed by atoms with Crippen molar-refractivity contribution < 1.29 is 4.79 Å². The summed E-state index contributed by atoms with van der Waals surface area (Å²) < 4.78 is 0. The first-order valence-corrected chi connectivity index (χ1v) is 7.33. The van der Waals surface area contributed by atoms with Gasteiger partial charge >= 0.3 is 0 Å². The lowest BCUT2D eigenvalue weighted by Gasteiger charge is -2.21. The van der Waals surface area contributed by atoms with E-state index in [1.807, 2.05) is 0 Å². The number of amides is 1. The zero-order chi connectivity index (χ0) is 12.3. The van der Waals surface area contributed by atoms with Gasteiger partial charge in [0.15, 0.2) is 0 Å². The molecule has 0 radical (unpaired) electrons. The number of hydrogen-bond acceptors (Lipinski definition) is 2. The van der Waals surface area contributed by atoms with Crippen LogP contribution in [0.5, 0.6) is 0 Å². The second-order valence-corrected chi connectivity index (χ2v) is 5.10. The van der Waals surface area contributed by atoms with Gasteiger partial charge in [-0.1, -0.05) is 39.0 Å². The maximum absolute atomic E-state index is 11.8. The summed E-state index contributed by atoms with van der Waals surface area (Å²) in [4.78, 5) is 11.8. The quantitative estimate of drug-likeness (QED) is 0.640. The van der Waals surface area contributed by atoms with Crippen molar-refractivity contribution in [2.75, 3.05) is 19.6 Å². The summed E-state index contributed by atoms with van der Waals surface area (Å²) in [6, 6.07) is 0. The fourth-order valence-electron chi connectivity index (χ4n) is 2.34. The van der Waals surface area contributed by atoms with Crippen LogP contribution in [0.15, 0.2) is 0 Å². The Kier molecular flexibility index (Phi) is 8.06. The Labute approximate surface area is 106 Å². The van der Waals surface area contributed by atoms with E-state index in [4.69, 9.17) is 0 Å². The van der Waals surface area contributed by atoms with Crippen LogP contribution in [0.1, 0.15) is 58.3 Å². The summed E-state index contributed by atoms with van der Waals surface area (Å²) in [7, 11) is 0. The molecule has 0 aliphatic carbocycles. The fraction of sp³-hybridized carbons (Fsp3) is 0.929. The van der Waals surface area contributed by atoms with Gasteiger partial charge in [-0.25, -0.2) is 0 Å². The van der Waals surface area contributed by atoms with E-state index in [0.29, 0.717) is 0 Å². The molecule has 1 saturated heterocycles. The minimum Gasteiger partial charge on any atom is -0.356 e. The first-order valence-electron chi connectivity index (χ1n) is 7.33. The smallest absolute Gasteiger partial charge is 0.224 e. The Morgan fingerprint density at radius 3 is 2.71 bits per heavy atom. The Hall–Kier alpha value is -0.570. The van der Waals surface area contributed by atoms with Gasteiger partial charge in [0.1, 0.15) is 0 Å². The summed E-state index contributed by atoms with van der Waals surface area (Å²) in [6.07, 6.45) is 9.88. The SMILES string of the molecule is CCCCCCCCNC(=O)[C@H]1CCCNC1. The van der Waals surface area contributed by atoms with Gasteiger partial charge in [-0.2, -0.15) is 0 Å². The standard InChI is InChI=1S/C14H28N2O/c1-2-3-4-5-6-7-11-16-14(17)13-9-8-10-15-12-13/h13,15H,2-12H2,1H3,(H,16,17)/t13-/m0/s1. The van der Waals surface area contributed by atoms with E-state index >= 15 is 0 Å². The molecular weight excluding hydrogens is 212 g/mol. The molecule has 2 N–H and O–H groups in total. The number of unbranched alkanes of at least 4 members (excludes halogenated alkanes) is 5. The van der Waals surface area contributed by atoms with Gasteiger partial charge in [-0.3, -0.25) is 4.79 Å². The van der Waals surface area contributed by atoms with Gasteiger partial charge in [-0.05, 0) is 25.8 Å². The highest BCUT2D eigenvalue weighted by atomic mass is 16.1. The zero-order valence-corrected chi connectivity index (χ0v) is 11.3. The molecule has 0 unspecified atom stereocenters. The van der Waals surface area contributed by atoms with Crippen molar-refractivity contribution in [3.05, 3.63) is 0 Å². The first kappa shape index (κ1) is 14.5. The van der Waals surface area contributed by atoms with Crippen LogP contribution >= 0.6 is 0 Å². The summed E-state index contributed by atoms with van der Waals surface area (Å²) in [5, 5.41) is 6.34. The van der Waals surface area contributed by atoms with E-state index < -0.39 is 0 Å². The van der Waals surface area contributed by atoms with Gasteiger partial charge in [0.05, 0.1) is 5.92 Å². The summed E-state index contributed by atoms with van der Waals surface area (Å²) in [6.45, 7) is 5.03. The topological polar surface area (TPSA) is 41.1 Å². The van der Waals surface area contributed by atoms with Crippen LogP contribution in [0.3, 0.4) is 0 Å². The van der Waals surface area contributed by atoms with Gasteiger partial charge in [0.25, 0.3) is 0 Å². The second-order valence-electron chi connectivity index (χ2n) is 5.10. The molecule has 3 heteroatoms. The molecule has 0 aromatic heterocycles. The van der Waals surface area contributed by atoms with E-state index in [9.17, 15) is 4.79 Å². The highest BCUT2D eigenvalue weighted by Crippen LogP contribution is 2.10. The minimum absolute atomic E-state index is 0.212. The molecule has 1 aliphatic heterocycles. The van der Waals surface area contributed by atoms with Crippen molar-refractivity contribution in [3.8, 4) is 0 Å². The average molecular weight is 240 g/mol. The van der Waals surface area contributed by atoms with Crippen LogP contribution in [0.4, 0.5) is 0 Å². The normalized spacial score (nSPS) is 20.2. The molecular formula is C14H28N2O. The van der Waals surface area contributed by atoms with Crippen LogP contribution in [0.25, 0.3) is 0 Å². The molecule has 0 saturated carbocycles. The molecule has 17 heavy (non-hydrogen) atoms. The number of carbonyl (C=O) groups excluding carboxylic acids is 1. The third-order valence-electron chi connectivity index (χ3n) is 3.50. The van der Waals surface area contributed by atoms with Gasteiger partial charge in [-0.15, -0.1) is 0 Å². The van der Waals surface area contributed by atoms with Crippen LogP contribution in [0, 0.1) is 5.92 Å². The van der Waals surface area contributed by atoms with Crippen molar-refractivity contribution >= 4 is 5.91 Å². The molecule has 1 heterocycles. The Morgan fingerprint density at radius 1 is 1.24 bits per heavy atom. The van der Waals surface area contributed by atoms with Crippen LogP contribution < -0.4 is 10.6 Å². The molecule has 1 rings (SSSR count). The third kappa shape index (κ3) is 6.67. The highest BCUT2D eigenvalue weighted by Gasteiger charge is 2.19. The molecule has 1 amide bonds. The van der Waals surface area contributed by atoms with E-state index in [1.165, 1.54) is 32.1 Å². The van der Waals surface area contributed by atoms with Crippen LogP contribution in [-0.2, 0) is 4.79 Å². The summed E-state index contributed by atoms with van der Waals surface area (Å²) >= 11 is 0. The Bertz CT molecular complexity index is 200. The number of nitrogens with one attached hydrogen (secondary N) is 2. The number of rotatable bonds is 8. The average Bonchev–Trinajstić information content (AvgIpc) is 2.38. The van der Waals surface area contributed by atoms with Crippen molar-refractivity contribution in [1.29, 1.82) is 0 Å². The molecule has 0 spiro atoms. The highest BCUT2D eigenvalue weighted by molar-refractivity contribution is 5.78. The lowest BCUT2D eigenvalue weighted by molar-refractivity contribution is -0.125. The molecule has 0 aromatic carbocycles. The Balaban J connectivity index is 1.92. The first-order chi connectivity index (χ1) is 8.34. The monoisotopic (exact) mass is 240 g/mol. The third-order valence-corrected chi connectivity index (χ3v) is 3.50. The molecule has 1 aliphatic rings. The summed E-state index contributed by atoms with van der Waals surface area (Å²) in [5.41, 5.74) is 0. The molecule has 0 aromatic rings. The van der Waals surface area contributed by atoms with E-state index in [2.05, 4.69) is 17.6 Å². The predicted molar refractivity (Wildman–Crippen MR) is 72.0 cm³/mol. The van der Waals surface area contributed by atoms with Crippen molar-refractivity contribution in [2.45, 2.75) is 58.3 Å². The van der Waals surface area contributed by atoms with Crippen molar-refractivity contribution in [3.63, 3.8) is 0 Å². The number of carbonyl (C=O) groups is 1. The largest absolute Gasteiger partial charge is 0.356 e. The Morgan fingerprint density at radius 2 is 2.00 bits per heavy atom. The number of hydrogen-bond donors (Lipinski definition) is 2. The molecule has 1 atom stereocenters. The molecule has 0 bridgehead atoms. The van der Waals surface area contributed by atoms with E-state index in [0.717, 1.165) is 38.9 Å². The van der Waals surface area contributed by atoms with Crippen molar-refractivity contribution in [2.24, 2.45) is 5.92 Å². The number of piperidine rings is 1. The maximum atomic E-state index is 11.8. The molecule has 100 valence electrons.